The minimum atomic E-state index is -3.90. The van der Waals surface area contributed by atoms with Crippen molar-refractivity contribution in [3.63, 3.8) is 0 Å². The van der Waals surface area contributed by atoms with Crippen LogP contribution in [0.4, 0.5) is 8.78 Å². The zero-order chi connectivity index (χ0) is 15.8. The Labute approximate surface area is 129 Å². The maximum atomic E-state index is 13.8. The normalized spacial score (nSPS) is 13.6. The molecule has 0 unspecified atom stereocenters. The molecule has 7 nitrogen and oxygen atoms in total. The topological polar surface area (TPSA) is 101 Å². The van der Waals surface area contributed by atoms with E-state index in [1.165, 1.54) is 0 Å². The van der Waals surface area contributed by atoms with E-state index in [0.717, 1.165) is 6.33 Å². The zero-order valence-electron chi connectivity index (χ0n) is 10.2. The van der Waals surface area contributed by atoms with E-state index in [2.05, 4.69) is 30.9 Å². The fourth-order valence-corrected chi connectivity index (χ4v) is 2.33. The lowest BCUT2D eigenvalue weighted by atomic mass is 10.1. The molecule has 2 aromatic rings. The third kappa shape index (κ3) is 3.18. The third-order valence-corrected chi connectivity index (χ3v) is 3.28. The number of aliphatic hydroxyl groups excluding tert-OH is 2. The van der Waals surface area contributed by atoms with E-state index in [0.29, 0.717) is 4.57 Å². The first kappa shape index (κ1) is 16.1. The molecule has 2 N–H and O–H groups in total. The molecule has 0 spiro atoms. The van der Waals surface area contributed by atoms with Crippen molar-refractivity contribution in [2.75, 3.05) is 6.61 Å². The van der Waals surface area contributed by atoms with Crippen LogP contribution in [0.15, 0.2) is 10.9 Å². The van der Waals surface area contributed by atoms with Crippen molar-refractivity contribution in [2.24, 2.45) is 0 Å². The molecule has 0 saturated heterocycles. The van der Waals surface area contributed by atoms with Crippen LogP contribution in [0.25, 0.3) is 11.2 Å². The lowest BCUT2D eigenvalue weighted by Crippen LogP contribution is -2.37. The molecule has 0 aliphatic rings. The predicted octanol–water partition coefficient (Wildman–Crippen LogP) is 1.26. The van der Waals surface area contributed by atoms with Crippen LogP contribution in [0, 0.1) is 0 Å². The summed E-state index contributed by atoms with van der Waals surface area (Å²) in [6.45, 7) is -0.882. The molecule has 0 bridgehead atoms. The number of alkyl halides is 2. The largest absolute Gasteiger partial charge is 0.394 e. The third-order valence-electron chi connectivity index (χ3n) is 2.56. The first-order valence-electron chi connectivity index (χ1n) is 5.54. The van der Waals surface area contributed by atoms with Crippen LogP contribution >= 0.6 is 27.5 Å². The highest BCUT2D eigenvalue weighted by atomic mass is 79.9. The van der Waals surface area contributed by atoms with Crippen LogP contribution in [0.5, 0.6) is 0 Å². The van der Waals surface area contributed by atoms with Gasteiger partial charge >= 0.3 is 11.8 Å². The van der Waals surface area contributed by atoms with Gasteiger partial charge in [-0.05, 0) is 27.5 Å². The maximum absolute atomic E-state index is 13.8. The molecule has 2 heterocycles. The summed E-state index contributed by atoms with van der Waals surface area (Å²) >= 11 is 8.64. The second-order valence-corrected chi connectivity index (χ2v) is 5.21. The highest BCUT2D eigenvalue weighted by Gasteiger charge is 2.42. The minimum Gasteiger partial charge on any atom is -0.394 e. The van der Waals surface area contributed by atoms with Gasteiger partial charge in [-0.1, -0.05) is 0 Å². The van der Waals surface area contributed by atoms with Crippen molar-refractivity contribution in [3.05, 3.63) is 16.2 Å². The fraction of sp³-hybridized carbons (Fsp3) is 0.400. The van der Waals surface area contributed by atoms with E-state index in [1.54, 1.807) is 0 Å². The van der Waals surface area contributed by atoms with Gasteiger partial charge < -0.3 is 10.2 Å². The van der Waals surface area contributed by atoms with Gasteiger partial charge in [0.25, 0.3) is 0 Å². The standard InChI is InChI=1S/C10H8BrClF2N4O3/c11-6-5-7(17-9(12)16-6)18(3-15-5)8(21)10(13,14)1-4(20)2-19/h3-4,19-20H,1-2H2/t4-/m0/s1. The Balaban J connectivity index is 2.44. The van der Waals surface area contributed by atoms with Crippen molar-refractivity contribution in [1.29, 1.82) is 0 Å². The molecule has 114 valence electrons. The summed E-state index contributed by atoms with van der Waals surface area (Å²) in [5, 5.41) is 17.4. The van der Waals surface area contributed by atoms with E-state index >= 15 is 0 Å². The number of imidazole rings is 1. The van der Waals surface area contributed by atoms with Crippen LogP contribution in [0.3, 0.4) is 0 Å². The van der Waals surface area contributed by atoms with Crippen molar-refractivity contribution in [2.45, 2.75) is 18.4 Å². The minimum absolute atomic E-state index is 0.0891. The molecule has 2 aromatic heterocycles. The Hall–Kier alpha value is -1.23. The van der Waals surface area contributed by atoms with Gasteiger partial charge in [0.05, 0.1) is 12.7 Å². The Kier molecular flexibility index (Phi) is 4.51. The average Bonchev–Trinajstić information content (AvgIpc) is 2.80. The molecule has 11 heteroatoms. The lowest BCUT2D eigenvalue weighted by Gasteiger charge is -2.17. The molecule has 0 aromatic carbocycles. The van der Waals surface area contributed by atoms with Crippen LogP contribution in [-0.4, -0.2) is 54.3 Å². The van der Waals surface area contributed by atoms with Gasteiger partial charge in [-0.15, -0.1) is 0 Å². The van der Waals surface area contributed by atoms with E-state index in [1.807, 2.05) is 0 Å². The predicted molar refractivity (Wildman–Crippen MR) is 71.3 cm³/mol. The number of carbonyl (C=O) groups excluding carboxylic acids is 1. The SMILES string of the molecule is O=C(n1cnc2c(Br)nc(Cl)nc21)C(F)(F)C[C@H](O)CO. The Morgan fingerprint density at radius 1 is 1.52 bits per heavy atom. The first-order valence-corrected chi connectivity index (χ1v) is 6.71. The summed E-state index contributed by atoms with van der Waals surface area (Å²) in [6.07, 6.45) is -2.08. The van der Waals surface area contributed by atoms with Gasteiger partial charge in [0.2, 0.25) is 5.28 Å². The number of rotatable bonds is 4. The number of carbonyl (C=O) groups is 1. The Morgan fingerprint density at radius 2 is 2.19 bits per heavy atom. The van der Waals surface area contributed by atoms with Crippen LogP contribution in [0.1, 0.15) is 11.2 Å². The monoisotopic (exact) mass is 384 g/mol. The van der Waals surface area contributed by atoms with Crippen molar-refractivity contribution in [3.8, 4) is 0 Å². The summed E-state index contributed by atoms with van der Waals surface area (Å²) in [5.74, 6) is -5.54. The van der Waals surface area contributed by atoms with Gasteiger partial charge in [0.1, 0.15) is 16.4 Å². The number of hydrogen-bond acceptors (Lipinski definition) is 6. The second-order valence-electron chi connectivity index (χ2n) is 4.12. The molecule has 0 saturated carbocycles. The molecule has 0 amide bonds. The van der Waals surface area contributed by atoms with E-state index < -0.39 is 31.0 Å². The Morgan fingerprint density at radius 3 is 2.81 bits per heavy atom. The molecular formula is C10H8BrClF2N4O3. The summed E-state index contributed by atoms with van der Waals surface area (Å²) in [5.41, 5.74) is -0.101. The second kappa shape index (κ2) is 5.87. The molecule has 2 rings (SSSR count). The summed E-state index contributed by atoms with van der Waals surface area (Å²) in [7, 11) is 0. The smallest absolute Gasteiger partial charge is 0.328 e. The molecule has 0 fully saturated rings. The van der Waals surface area contributed by atoms with E-state index in [9.17, 15) is 13.6 Å². The summed E-state index contributed by atoms with van der Waals surface area (Å²) in [4.78, 5) is 23.0. The lowest BCUT2D eigenvalue weighted by molar-refractivity contribution is -0.0399. The Bertz CT molecular complexity index is 696. The van der Waals surface area contributed by atoms with Crippen LogP contribution in [-0.2, 0) is 0 Å². The highest BCUT2D eigenvalue weighted by Crippen LogP contribution is 2.27. The van der Waals surface area contributed by atoms with Crippen molar-refractivity contribution >= 4 is 44.6 Å². The quantitative estimate of drug-likeness (QED) is 0.607. The van der Waals surface area contributed by atoms with Crippen molar-refractivity contribution in [1.82, 2.24) is 19.5 Å². The molecule has 21 heavy (non-hydrogen) atoms. The molecule has 0 aliphatic carbocycles. The van der Waals surface area contributed by atoms with Gasteiger partial charge in [0, 0.05) is 6.42 Å². The van der Waals surface area contributed by atoms with Crippen LogP contribution < -0.4 is 0 Å². The molecule has 0 aliphatic heterocycles. The van der Waals surface area contributed by atoms with Gasteiger partial charge in [-0.2, -0.15) is 13.8 Å². The zero-order valence-corrected chi connectivity index (χ0v) is 12.5. The van der Waals surface area contributed by atoms with Crippen LogP contribution in [0.2, 0.25) is 5.28 Å². The average molecular weight is 386 g/mol. The van der Waals surface area contributed by atoms with Crippen molar-refractivity contribution < 1.29 is 23.8 Å². The summed E-state index contributed by atoms with van der Waals surface area (Å²) in [6, 6.07) is 0. The highest BCUT2D eigenvalue weighted by molar-refractivity contribution is 9.10. The number of aromatic nitrogens is 4. The number of aliphatic hydroxyl groups is 2. The first-order chi connectivity index (χ1) is 9.76. The van der Waals surface area contributed by atoms with E-state index in [-0.39, 0.29) is 21.1 Å². The number of hydrogen-bond donors (Lipinski definition) is 2. The van der Waals surface area contributed by atoms with E-state index in [4.69, 9.17) is 21.8 Å². The van der Waals surface area contributed by atoms with Gasteiger partial charge in [0.15, 0.2) is 5.65 Å². The fourth-order valence-electron chi connectivity index (χ4n) is 1.61. The summed E-state index contributed by atoms with van der Waals surface area (Å²) < 4.78 is 28.3. The molecular weight excluding hydrogens is 377 g/mol. The number of fused-ring (bicyclic) bond motifs is 1. The number of halogens is 4. The number of nitrogens with zero attached hydrogens (tertiary/aromatic N) is 4. The van der Waals surface area contributed by atoms with Gasteiger partial charge in [-0.3, -0.25) is 4.79 Å². The van der Waals surface area contributed by atoms with Gasteiger partial charge in [-0.25, -0.2) is 14.5 Å². The molecule has 1 atom stereocenters. The molecule has 0 radical (unpaired) electrons. The maximum Gasteiger partial charge on any atom is 0.328 e.